The molecule has 19 heavy (non-hydrogen) atoms. The Morgan fingerprint density at radius 1 is 1.37 bits per heavy atom. The van der Waals surface area contributed by atoms with Crippen molar-refractivity contribution in [2.75, 3.05) is 13.7 Å². The van der Waals surface area contributed by atoms with Gasteiger partial charge in [-0.1, -0.05) is 15.9 Å². The standard InChI is InChI=1S/C11H10BrNO6/c1-18-11(17)13-9(14)5-19-8-4-6(12)2-3-7(8)10(15)16/h2-4H,5H2,1H3,(H,15,16)(H,13,14,17). The van der Waals surface area contributed by atoms with Gasteiger partial charge >= 0.3 is 12.1 Å². The summed E-state index contributed by atoms with van der Waals surface area (Å²) < 4.78 is 9.88. The van der Waals surface area contributed by atoms with Gasteiger partial charge in [0.1, 0.15) is 11.3 Å². The second-order valence-corrected chi connectivity index (χ2v) is 4.19. The van der Waals surface area contributed by atoms with E-state index in [9.17, 15) is 14.4 Å². The van der Waals surface area contributed by atoms with Crippen LogP contribution in [0.3, 0.4) is 0 Å². The van der Waals surface area contributed by atoms with Gasteiger partial charge in [0.05, 0.1) is 7.11 Å². The topological polar surface area (TPSA) is 102 Å². The van der Waals surface area contributed by atoms with Crippen LogP contribution in [0.15, 0.2) is 22.7 Å². The second kappa shape index (κ2) is 6.74. The summed E-state index contributed by atoms with van der Waals surface area (Å²) in [5, 5.41) is 10.8. The number of carbonyl (C=O) groups is 3. The van der Waals surface area contributed by atoms with E-state index in [2.05, 4.69) is 20.7 Å². The number of aromatic carboxylic acids is 1. The zero-order valence-corrected chi connectivity index (χ0v) is 11.4. The Morgan fingerprint density at radius 2 is 2.05 bits per heavy atom. The Balaban J connectivity index is 2.72. The molecule has 0 aliphatic heterocycles. The molecule has 0 aliphatic rings. The van der Waals surface area contributed by atoms with Crippen LogP contribution in [0.1, 0.15) is 10.4 Å². The Bertz CT molecular complexity index is 516. The van der Waals surface area contributed by atoms with E-state index in [0.717, 1.165) is 7.11 Å². The Kier molecular flexibility index (Phi) is 5.31. The molecule has 0 atom stereocenters. The lowest BCUT2D eigenvalue weighted by atomic mass is 10.2. The minimum atomic E-state index is -1.18. The van der Waals surface area contributed by atoms with E-state index in [0.29, 0.717) is 4.47 Å². The van der Waals surface area contributed by atoms with E-state index in [1.54, 1.807) is 0 Å². The van der Waals surface area contributed by atoms with E-state index in [1.807, 2.05) is 5.32 Å². The number of methoxy groups -OCH3 is 1. The number of imide groups is 1. The number of alkyl carbamates (subject to hydrolysis) is 1. The fourth-order valence-electron chi connectivity index (χ4n) is 1.14. The average molecular weight is 332 g/mol. The van der Waals surface area contributed by atoms with E-state index in [4.69, 9.17) is 9.84 Å². The molecule has 0 saturated carbocycles. The summed E-state index contributed by atoms with van der Waals surface area (Å²) >= 11 is 3.16. The first-order valence-electron chi connectivity index (χ1n) is 4.97. The van der Waals surface area contributed by atoms with Crippen molar-refractivity contribution in [2.45, 2.75) is 0 Å². The van der Waals surface area contributed by atoms with Gasteiger partial charge in [0, 0.05) is 4.47 Å². The molecule has 7 nitrogen and oxygen atoms in total. The molecule has 0 spiro atoms. The summed E-state index contributed by atoms with van der Waals surface area (Å²) in [6, 6.07) is 4.28. The SMILES string of the molecule is COC(=O)NC(=O)COc1cc(Br)ccc1C(=O)O. The molecular weight excluding hydrogens is 322 g/mol. The van der Waals surface area contributed by atoms with Gasteiger partial charge in [-0.15, -0.1) is 0 Å². The molecule has 102 valence electrons. The average Bonchev–Trinajstić information content (AvgIpc) is 2.35. The van der Waals surface area contributed by atoms with E-state index in [-0.39, 0.29) is 11.3 Å². The minimum Gasteiger partial charge on any atom is -0.483 e. The third-order valence-corrected chi connectivity index (χ3v) is 2.45. The monoisotopic (exact) mass is 331 g/mol. The smallest absolute Gasteiger partial charge is 0.413 e. The van der Waals surface area contributed by atoms with Crippen molar-refractivity contribution in [3.63, 3.8) is 0 Å². The van der Waals surface area contributed by atoms with Crippen molar-refractivity contribution in [2.24, 2.45) is 0 Å². The van der Waals surface area contributed by atoms with Crippen LogP contribution in [0.2, 0.25) is 0 Å². The number of benzene rings is 1. The number of hydrogen-bond donors (Lipinski definition) is 2. The number of hydrogen-bond acceptors (Lipinski definition) is 5. The van der Waals surface area contributed by atoms with E-state index < -0.39 is 24.6 Å². The van der Waals surface area contributed by atoms with Gasteiger partial charge in [-0.3, -0.25) is 10.1 Å². The molecule has 1 rings (SSSR count). The molecule has 0 saturated heterocycles. The number of carboxylic acid groups (broad SMARTS) is 1. The molecule has 0 fully saturated rings. The zero-order chi connectivity index (χ0) is 14.4. The second-order valence-electron chi connectivity index (χ2n) is 3.27. The summed E-state index contributed by atoms with van der Waals surface area (Å²) in [4.78, 5) is 32.9. The number of amides is 2. The summed E-state index contributed by atoms with van der Waals surface area (Å²) in [7, 11) is 1.11. The number of carboxylic acids is 1. The number of rotatable bonds is 4. The maximum Gasteiger partial charge on any atom is 0.413 e. The molecule has 0 radical (unpaired) electrons. The van der Waals surface area contributed by atoms with Crippen LogP contribution in [0, 0.1) is 0 Å². The van der Waals surface area contributed by atoms with Gasteiger partial charge in [0.25, 0.3) is 5.91 Å². The zero-order valence-electron chi connectivity index (χ0n) is 9.81. The van der Waals surface area contributed by atoms with Gasteiger partial charge in [-0.05, 0) is 18.2 Å². The Morgan fingerprint density at radius 3 is 2.63 bits per heavy atom. The summed E-state index contributed by atoms with van der Waals surface area (Å²) in [6.07, 6.45) is -0.915. The van der Waals surface area contributed by atoms with Crippen molar-refractivity contribution >= 4 is 33.9 Å². The lowest BCUT2D eigenvalue weighted by Gasteiger charge is -2.09. The molecule has 8 heteroatoms. The maximum absolute atomic E-state index is 11.3. The third-order valence-electron chi connectivity index (χ3n) is 1.96. The van der Waals surface area contributed by atoms with Gasteiger partial charge in [-0.25, -0.2) is 9.59 Å². The summed E-state index contributed by atoms with van der Waals surface area (Å²) in [5.74, 6) is -1.92. The summed E-state index contributed by atoms with van der Waals surface area (Å²) in [5.41, 5.74) is -0.0888. The molecule has 0 unspecified atom stereocenters. The van der Waals surface area contributed by atoms with Gasteiger partial charge < -0.3 is 14.6 Å². The van der Waals surface area contributed by atoms with Crippen molar-refractivity contribution in [3.8, 4) is 5.75 Å². The van der Waals surface area contributed by atoms with Crippen LogP contribution in [0.25, 0.3) is 0 Å². The van der Waals surface area contributed by atoms with Gasteiger partial charge in [0.15, 0.2) is 6.61 Å². The fourth-order valence-corrected chi connectivity index (χ4v) is 1.48. The predicted molar refractivity (Wildman–Crippen MR) is 67.1 cm³/mol. The number of ether oxygens (including phenoxy) is 2. The first kappa shape index (κ1) is 15.0. The number of halogens is 1. The third kappa shape index (κ3) is 4.59. The number of carbonyl (C=O) groups excluding carboxylic acids is 2. The first-order valence-corrected chi connectivity index (χ1v) is 5.76. The van der Waals surface area contributed by atoms with Crippen molar-refractivity contribution in [1.82, 2.24) is 5.32 Å². The summed E-state index contributed by atoms with van der Waals surface area (Å²) in [6.45, 7) is -0.508. The van der Waals surface area contributed by atoms with Crippen LogP contribution >= 0.6 is 15.9 Å². The van der Waals surface area contributed by atoms with Crippen LogP contribution < -0.4 is 10.1 Å². The largest absolute Gasteiger partial charge is 0.483 e. The lowest BCUT2D eigenvalue weighted by molar-refractivity contribution is -0.122. The molecule has 0 aliphatic carbocycles. The molecule has 0 bridgehead atoms. The molecular formula is C11H10BrNO6. The minimum absolute atomic E-state index is 0.0156. The molecule has 0 heterocycles. The van der Waals surface area contributed by atoms with Crippen LogP contribution in [-0.2, 0) is 9.53 Å². The normalized spacial score (nSPS) is 9.58. The Hall–Kier alpha value is -2.09. The van der Waals surface area contributed by atoms with Crippen molar-refractivity contribution < 1.29 is 29.0 Å². The van der Waals surface area contributed by atoms with Gasteiger partial charge in [-0.2, -0.15) is 0 Å². The highest BCUT2D eigenvalue weighted by Gasteiger charge is 2.14. The molecule has 1 aromatic carbocycles. The Labute approximate surface area is 116 Å². The number of nitrogens with one attached hydrogen (secondary N) is 1. The van der Waals surface area contributed by atoms with Crippen LogP contribution in [0.5, 0.6) is 5.75 Å². The first-order chi connectivity index (χ1) is 8.93. The fraction of sp³-hybridized carbons (Fsp3) is 0.182. The quantitative estimate of drug-likeness (QED) is 0.864. The predicted octanol–water partition coefficient (Wildman–Crippen LogP) is 1.41. The van der Waals surface area contributed by atoms with Gasteiger partial charge in [0.2, 0.25) is 0 Å². The molecule has 0 aromatic heterocycles. The van der Waals surface area contributed by atoms with Crippen molar-refractivity contribution in [3.05, 3.63) is 28.2 Å². The van der Waals surface area contributed by atoms with Crippen LogP contribution in [-0.4, -0.2) is 36.8 Å². The van der Waals surface area contributed by atoms with Crippen molar-refractivity contribution in [1.29, 1.82) is 0 Å². The highest BCUT2D eigenvalue weighted by atomic mass is 79.9. The molecule has 1 aromatic rings. The molecule has 2 N–H and O–H groups in total. The highest BCUT2D eigenvalue weighted by Crippen LogP contribution is 2.23. The maximum atomic E-state index is 11.3. The van der Waals surface area contributed by atoms with E-state index >= 15 is 0 Å². The van der Waals surface area contributed by atoms with E-state index in [1.165, 1.54) is 18.2 Å². The molecule has 2 amide bonds. The lowest BCUT2D eigenvalue weighted by Crippen LogP contribution is -2.34. The van der Waals surface area contributed by atoms with Crippen LogP contribution in [0.4, 0.5) is 4.79 Å². The highest BCUT2D eigenvalue weighted by molar-refractivity contribution is 9.10.